The molecule has 0 aromatic carbocycles. The molecule has 0 spiro atoms. The van der Waals surface area contributed by atoms with Gasteiger partial charge in [-0.25, -0.2) is 9.97 Å². The first-order valence-corrected chi connectivity index (χ1v) is 7.71. The first kappa shape index (κ1) is 15.1. The summed E-state index contributed by atoms with van der Waals surface area (Å²) in [7, 11) is 0. The van der Waals surface area contributed by atoms with Crippen LogP contribution in [0.3, 0.4) is 0 Å². The normalized spacial score (nSPS) is 16.9. The zero-order chi connectivity index (χ0) is 14.9. The number of nitrogens with one attached hydrogen (secondary N) is 2. The minimum atomic E-state index is 0.204. The Balaban J connectivity index is 2.30. The molecule has 1 aromatic heterocycles. The predicted molar refractivity (Wildman–Crippen MR) is 85.4 cm³/mol. The van der Waals surface area contributed by atoms with Gasteiger partial charge in [-0.1, -0.05) is 20.8 Å². The Bertz CT molecular complexity index is 472. The highest BCUT2D eigenvalue weighted by molar-refractivity contribution is 5.58. The van der Waals surface area contributed by atoms with Gasteiger partial charge in [0.1, 0.15) is 17.5 Å². The molecule has 4 nitrogen and oxygen atoms in total. The number of hydrogen-bond donors (Lipinski definition) is 2. The molecule has 0 aliphatic heterocycles. The standard InChI is InChI=1S/C16H28N4/c1-7-17-13-10(2)14(18-11(3)16(4,5)6)20-15(19-13)12-8-9-12/h11-12H,7-9H2,1-6H3,(H2,17,18,19,20). The number of hydrogen-bond acceptors (Lipinski definition) is 4. The van der Waals surface area contributed by atoms with Crippen molar-refractivity contribution in [3.63, 3.8) is 0 Å². The predicted octanol–water partition coefficient (Wildman–Crippen LogP) is 3.94. The molecule has 0 radical (unpaired) electrons. The number of rotatable bonds is 5. The van der Waals surface area contributed by atoms with Crippen LogP contribution >= 0.6 is 0 Å². The van der Waals surface area contributed by atoms with Gasteiger partial charge < -0.3 is 10.6 Å². The summed E-state index contributed by atoms with van der Waals surface area (Å²) >= 11 is 0. The maximum Gasteiger partial charge on any atom is 0.136 e. The van der Waals surface area contributed by atoms with Crippen LogP contribution < -0.4 is 10.6 Å². The van der Waals surface area contributed by atoms with Crippen LogP contribution in [-0.4, -0.2) is 22.6 Å². The van der Waals surface area contributed by atoms with E-state index in [1.807, 2.05) is 0 Å². The fourth-order valence-electron chi connectivity index (χ4n) is 1.96. The molecule has 1 aliphatic rings. The minimum absolute atomic E-state index is 0.204. The number of anilines is 2. The lowest BCUT2D eigenvalue weighted by Gasteiger charge is -2.29. The Morgan fingerprint density at radius 2 is 1.80 bits per heavy atom. The van der Waals surface area contributed by atoms with Crippen molar-refractivity contribution in [3.8, 4) is 0 Å². The molecule has 1 aromatic rings. The summed E-state index contributed by atoms with van der Waals surface area (Å²) < 4.78 is 0. The van der Waals surface area contributed by atoms with Crippen LogP contribution in [0.2, 0.25) is 0 Å². The highest BCUT2D eigenvalue weighted by Crippen LogP contribution is 2.39. The molecular weight excluding hydrogens is 248 g/mol. The number of nitrogens with zero attached hydrogens (tertiary/aromatic N) is 2. The van der Waals surface area contributed by atoms with E-state index in [0.717, 1.165) is 29.6 Å². The van der Waals surface area contributed by atoms with Crippen molar-refractivity contribution in [1.82, 2.24) is 9.97 Å². The lowest BCUT2D eigenvalue weighted by atomic mass is 9.88. The maximum absolute atomic E-state index is 4.77. The highest BCUT2D eigenvalue weighted by Gasteiger charge is 2.29. The summed E-state index contributed by atoms with van der Waals surface area (Å²) in [6, 6.07) is 0.359. The molecule has 1 saturated carbocycles. The van der Waals surface area contributed by atoms with Crippen molar-refractivity contribution in [2.24, 2.45) is 5.41 Å². The van der Waals surface area contributed by atoms with Crippen LogP contribution in [0.4, 0.5) is 11.6 Å². The quantitative estimate of drug-likeness (QED) is 0.855. The van der Waals surface area contributed by atoms with Crippen molar-refractivity contribution < 1.29 is 0 Å². The van der Waals surface area contributed by atoms with E-state index in [1.54, 1.807) is 0 Å². The van der Waals surface area contributed by atoms with Crippen LogP contribution in [0.15, 0.2) is 0 Å². The average molecular weight is 276 g/mol. The van der Waals surface area contributed by atoms with Gasteiger partial charge >= 0.3 is 0 Å². The van der Waals surface area contributed by atoms with E-state index in [0.29, 0.717) is 12.0 Å². The van der Waals surface area contributed by atoms with Crippen molar-refractivity contribution in [3.05, 3.63) is 11.4 Å². The Morgan fingerprint density at radius 1 is 1.20 bits per heavy atom. The molecule has 1 fully saturated rings. The van der Waals surface area contributed by atoms with Gasteiger partial charge in [-0.3, -0.25) is 0 Å². The van der Waals surface area contributed by atoms with E-state index in [4.69, 9.17) is 9.97 Å². The summed E-state index contributed by atoms with van der Waals surface area (Å²) in [6.07, 6.45) is 2.45. The molecule has 1 heterocycles. The third-order valence-electron chi connectivity index (χ3n) is 4.10. The van der Waals surface area contributed by atoms with Gasteiger partial charge in [-0.2, -0.15) is 0 Å². The smallest absolute Gasteiger partial charge is 0.136 e. The molecule has 112 valence electrons. The lowest BCUT2D eigenvalue weighted by Crippen LogP contribution is -2.31. The Hall–Kier alpha value is -1.32. The average Bonchev–Trinajstić information content (AvgIpc) is 3.17. The van der Waals surface area contributed by atoms with Crippen LogP contribution in [0, 0.1) is 12.3 Å². The molecule has 20 heavy (non-hydrogen) atoms. The minimum Gasteiger partial charge on any atom is -0.370 e. The van der Waals surface area contributed by atoms with E-state index < -0.39 is 0 Å². The summed E-state index contributed by atoms with van der Waals surface area (Å²) in [5, 5.41) is 6.94. The molecular formula is C16H28N4. The van der Waals surface area contributed by atoms with Crippen LogP contribution in [-0.2, 0) is 0 Å². The topological polar surface area (TPSA) is 49.8 Å². The second-order valence-corrected chi connectivity index (χ2v) is 6.94. The first-order valence-electron chi connectivity index (χ1n) is 7.71. The van der Waals surface area contributed by atoms with Gasteiger partial charge in [0.2, 0.25) is 0 Å². The van der Waals surface area contributed by atoms with E-state index >= 15 is 0 Å². The lowest BCUT2D eigenvalue weighted by molar-refractivity contribution is 0.358. The Morgan fingerprint density at radius 3 is 2.30 bits per heavy atom. The third kappa shape index (κ3) is 3.41. The molecule has 1 atom stereocenters. The van der Waals surface area contributed by atoms with E-state index in [1.165, 1.54) is 12.8 Å². The first-order chi connectivity index (χ1) is 9.32. The number of aromatic nitrogens is 2. The van der Waals surface area contributed by atoms with Gasteiger partial charge in [0.05, 0.1) is 0 Å². The second kappa shape index (κ2) is 5.58. The third-order valence-corrected chi connectivity index (χ3v) is 4.10. The Labute approximate surface area is 122 Å². The molecule has 0 saturated heterocycles. The van der Waals surface area contributed by atoms with Crippen LogP contribution in [0.1, 0.15) is 64.8 Å². The van der Waals surface area contributed by atoms with Crippen molar-refractivity contribution in [1.29, 1.82) is 0 Å². The fourth-order valence-corrected chi connectivity index (χ4v) is 1.96. The van der Waals surface area contributed by atoms with Gasteiger partial charge in [0.15, 0.2) is 0 Å². The van der Waals surface area contributed by atoms with Crippen molar-refractivity contribution in [2.75, 3.05) is 17.2 Å². The summed E-state index contributed by atoms with van der Waals surface area (Å²) in [6.45, 7) is 14.0. The Kier molecular flexibility index (Phi) is 4.21. The molecule has 2 rings (SSSR count). The summed E-state index contributed by atoms with van der Waals surface area (Å²) in [5.41, 5.74) is 1.32. The van der Waals surface area contributed by atoms with Crippen LogP contribution in [0.5, 0.6) is 0 Å². The SMILES string of the molecule is CCNc1nc(C2CC2)nc(NC(C)C(C)(C)C)c1C. The maximum atomic E-state index is 4.77. The monoisotopic (exact) mass is 276 g/mol. The van der Waals surface area contributed by atoms with Gasteiger partial charge in [-0.05, 0) is 39.0 Å². The molecule has 1 aliphatic carbocycles. The van der Waals surface area contributed by atoms with Crippen LogP contribution in [0.25, 0.3) is 0 Å². The van der Waals surface area contributed by atoms with Gasteiger partial charge in [-0.15, -0.1) is 0 Å². The highest BCUT2D eigenvalue weighted by atomic mass is 15.1. The van der Waals surface area contributed by atoms with Crippen molar-refractivity contribution in [2.45, 2.75) is 66.3 Å². The molecule has 0 bridgehead atoms. The largest absolute Gasteiger partial charge is 0.370 e. The van der Waals surface area contributed by atoms with E-state index in [2.05, 4.69) is 52.2 Å². The van der Waals surface area contributed by atoms with E-state index in [-0.39, 0.29) is 5.41 Å². The van der Waals surface area contributed by atoms with Gasteiger partial charge in [0, 0.05) is 24.1 Å². The van der Waals surface area contributed by atoms with E-state index in [9.17, 15) is 0 Å². The zero-order valence-corrected chi connectivity index (χ0v) is 13.7. The van der Waals surface area contributed by atoms with Crippen molar-refractivity contribution >= 4 is 11.6 Å². The molecule has 2 N–H and O–H groups in total. The molecule has 4 heteroatoms. The molecule has 1 unspecified atom stereocenters. The summed E-state index contributed by atoms with van der Waals surface area (Å²) in [5.74, 6) is 3.53. The second-order valence-electron chi connectivity index (χ2n) is 6.94. The fraction of sp³-hybridized carbons (Fsp3) is 0.750. The summed E-state index contributed by atoms with van der Waals surface area (Å²) in [4.78, 5) is 9.46. The van der Waals surface area contributed by atoms with Gasteiger partial charge in [0.25, 0.3) is 0 Å². The zero-order valence-electron chi connectivity index (χ0n) is 13.7. The molecule has 0 amide bonds.